The van der Waals surface area contributed by atoms with E-state index in [1.807, 2.05) is 36.4 Å². The van der Waals surface area contributed by atoms with Gasteiger partial charge in [0, 0.05) is 31.6 Å². The number of pyridine rings is 1. The first-order valence-electron chi connectivity index (χ1n) is 9.88. The molecule has 0 bridgehead atoms. The number of methoxy groups -OCH3 is 1. The van der Waals surface area contributed by atoms with Crippen molar-refractivity contribution in [2.75, 3.05) is 44.7 Å². The third-order valence-corrected chi connectivity index (χ3v) is 5.57. The topological polar surface area (TPSA) is 48.8 Å². The molecule has 3 aromatic rings. The predicted molar refractivity (Wildman–Crippen MR) is 113 cm³/mol. The summed E-state index contributed by atoms with van der Waals surface area (Å²) < 4.78 is 5.22. The van der Waals surface area contributed by atoms with E-state index in [0.717, 1.165) is 60.6 Å². The summed E-state index contributed by atoms with van der Waals surface area (Å²) in [6, 6.07) is 17.8. The van der Waals surface area contributed by atoms with E-state index in [1.165, 1.54) is 0 Å². The fourth-order valence-electron chi connectivity index (χ4n) is 3.81. The molecule has 2 heterocycles. The molecule has 1 aromatic heterocycles. The van der Waals surface area contributed by atoms with Gasteiger partial charge in [-0.15, -0.1) is 0 Å². The Labute approximate surface area is 166 Å². The maximum atomic E-state index is 11.0. The standard InChI is InChI=1S/C23H27N3O2/c1-3-25-12-14-26(15-13-25)23-20-7-5-4-6-18(20)16-21(24-23)22(27)17-8-10-19(28-2)11-9-17/h4-11,16,22,27H,3,12-15H2,1-2H3. The highest BCUT2D eigenvalue weighted by Crippen LogP contribution is 2.31. The summed E-state index contributed by atoms with van der Waals surface area (Å²) in [4.78, 5) is 9.72. The molecule has 28 heavy (non-hydrogen) atoms. The van der Waals surface area contributed by atoms with Gasteiger partial charge in [-0.05, 0) is 35.7 Å². The van der Waals surface area contributed by atoms with Gasteiger partial charge in [-0.1, -0.05) is 43.3 Å². The van der Waals surface area contributed by atoms with Gasteiger partial charge in [0.1, 0.15) is 17.7 Å². The van der Waals surface area contributed by atoms with Gasteiger partial charge < -0.3 is 19.6 Å². The summed E-state index contributed by atoms with van der Waals surface area (Å²) in [6.07, 6.45) is -0.772. The Hall–Kier alpha value is -2.63. The summed E-state index contributed by atoms with van der Waals surface area (Å²) in [6.45, 7) is 7.27. The molecule has 0 amide bonds. The summed E-state index contributed by atoms with van der Waals surface area (Å²) in [5, 5.41) is 13.2. The normalized spacial score (nSPS) is 16.3. The molecule has 1 aliphatic rings. The minimum Gasteiger partial charge on any atom is -0.497 e. The van der Waals surface area contributed by atoms with Crippen LogP contribution < -0.4 is 9.64 Å². The van der Waals surface area contributed by atoms with E-state index in [2.05, 4.69) is 34.9 Å². The van der Waals surface area contributed by atoms with Gasteiger partial charge >= 0.3 is 0 Å². The second kappa shape index (κ2) is 8.17. The SMILES string of the molecule is CCN1CCN(c2nc(C(O)c3ccc(OC)cc3)cc3ccccc23)CC1. The number of aromatic nitrogens is 1. The first-order chi connectivity index (χ1) is 13.7. The Morgan fingerprint density at radius 2 is 1.75 bits per heavy atom. The molecule has 0 saturated carbocycles. The fourth-order valence-corrected chi connectivity index (χ4v) is 3.81. The number of ether oxygens (including phenoxy) is 1. The van der Waals surface area contributed by atoms with Gasteiger partial charge in [0.15, 0.2) is 0 Å². The molecule has 146 valence electrons. The number of aliphatic hydroxyl groups excluding tert-OH is 1. The highest BCUT2D eigenvalue weighted by Gasteiger charge is 2.21. The van der Waals surface area contributed by atoms with Crippen LogP contribution in [0.3, 0.4) is 0 Å². The molecule has 1 saturated heterocycles. The van der Waals surface area contributed by atoms with E-state index in [4.69, 9.17) is 9.72 Å². The van der Waals surface area contributed by atoms with Gasteiger partial charge in [-0.3, -0.25) is 0 Å². The number of rotatable bonds is 5. The average molecular weight is 377 g/mol. The second-order valence-electron chi connectivity index (χ2n) is 7.19. The minimum atomic E-state index is -0.772. The molecule has 1 unspecified atom stereocenters. The minimum absolute atomic E-state index is 0.678. The zero-order valence-corrected chi connectivity index (χ0v) is 16.5. The van der Waals surface area contributed by atoms with Crippen LogP contribution >= 0.6 is 0 Å². The van der Waals surface area contributed by atoms with E-state index in [-0.39, 0.29) is 0 Å². The van der Waals surface area contributed by atoms with Crippen LogP contribution in [0, 0.1) is 0 Å². The third-order valence-electron chi connectivity index (χ3n) is 5.57. The first kappa shape index (κ1) is 18.7. The van der Waals surface area contributed by atoms with Crippen molar-refractivity contribution < 1.29 is 9.84 Å². The number of hydrogen-bond donors (Lipinski definition) is 1. The molecule has 0 radical (unpaired) electrons. The van der Waals surface area contributed by atoms with Crippen LogP contribution in [0.2, 0.25) is 0 Å². The van der Waals surface area contributed by atoms with Crippen molar-refractivity contribution in [3.8, 4) is 5.75 Å². The summed E-state index contributed by atoms with van der Waals surface area (Å²) in [5.41, 5.74) is 1.49. The Morgan fingerprint density at radius 1 is 1.04 bits per heavy atom. The number of fused-ring (bicyclic) bond motifs is 1. The van der Waals surface area contributed by atoms with Crippen LogP contribution in [0.4, 0.5) is 5.82 Å². The molecule has 1 atom stereocenters. The first-order valence-corrected chi connectivity index (χ1v) is 9.88. The van der Waals surface area contributed by atoms with Gasteiger partial charge in [-0.2, -0.15) is 0 Å². The fraction of sp³-hybridized carbons (Fsp3) is 0.348. The van der Waals surface area contributed by atoms with E-state index in [9.17, 15) is 5.11 Å². The Balaban J connectivity index is 1.71. The average Bonchev–Trinajstić information content (AvgIpc) is 2.78. The number of hydrogen-bond acceptors (Lipinski definition) is 5. The highest BCUT2D eigenvalue weighted by molar-refractivity contribution is 5.92. The van der Waals surface area contributed by atoms with Crippen molar-refractivity contribution in [2.45, 2.75) is 13.0 Å². The van der Waals surface area contributed by atoms with Crippen LogP contribution in [-0.4, -0.2) is 54.8 Å². The number of anilines is 1. The van der Waals surface area contributed by atoms with Gasteiger partial charge in [0.2, 0.25) is 0 Å². The lowest BCUT2D eigenvalue weighted by Crippen LogP contribution is -2.46. The largest absolute Gasteiger partial charge is 0.497 e. The molecule has 5 nitrogen and oxygen atoms in total. The number of benzene rings is 2. The summed E-state index contributed by atoms with van der Waals surface area (Å²) >= 11 is 0. The molecule has 5 heteroatoms. The number of likely N-dealkylation sites (N-methyl/N-ethyl adjacent to an activating group) is 1. The highest BCUT2D eigenvalue weighted by atomic mass is 16.5. The smallest absolute Gasteiger partial charge is 0.136 e. The quantitative estimate of drug-likeness (QED) is 0.738. The van der Waals surface area contributed by atoms with Crippen LogP contribution in [0.1, 0.15) is 24.3 Å². The van der Waals surface area contributed by atoms with Crippen LogP contribution in [0.25, 0.3) is 10.8 Å². The van der Waals surface area contributed by atoms with Crippen molar-refractivity contribution in [1.82, 2.24) is 9.88 Å². The van der Waals surface area contributed by atoms with Crippen LogP contribution in [-0.2, 0) is 0 Å². The van der Waals surface area contributed by atoms with Crippen molar-refractivity contribution in [3.05, 3.63) is 65.9 Å². The maximum absolute atomic E-state index is 11.0. The van der Waals surface area contributed by atoms with E-state index in [1.54, 1.807) is 7.11 Å². The summed E-state index contributed by atoms with van der Waals surface area (Å²) in [5.74, 6) is 1.74. The monoisotopic (exact) mass is 377 g/mol. The lowest BCUT2D eigenvalue weighted by atomic mass is 10.0. The molecular weight excluding hydrogens is 350 g/mol. The number of nitrogens with zero attached hydrogens (tertiary/aromatic N) is 3. The lowest BCUT2D eigenvalue weighted by molar-refractivity contribution is 0.215. The molecule has 0 aliphatic carbocycles. The maximum Gasteiger partial charge on any atom is 0.136 e. The van der Waals surface area contributed by atoms with Crippen molar-refractivity contribution >= 4 is 16.6 Å². The Morgan fingerprint density at radius 3 is 2.43 bits per heavy atom. The number of piperazine rings is 1. The molecule has 0 spiro atoms. The third kappa shape index (κ3) is 3.68. The van der Waals surface area contributed by atoms with Crippen LogP contribution in [0.5, 0.6) is 5.75 Å². The zero-order chi connectivity index (χ0) is 19.5. The summed E-state index contributed by atoms with van der Waals surface area (Å²) in [7, 11) is 1.64. The molecule has 1 N–H and O–H groups in total. The molecule has 4 rings (SSSR count). The van der Waals surface area contributed by atoms with Crippen molar-refractivity contribution in [3.63, 3.8) is 0 Å². The van der Waals surface area contributed by atoms with E-state index in [0.29, 0.717) is 5.69 Å². The molecule has 1 fully saturated rings. The van der Waals surface area contributed by atoms with Gasteiger partial charge in [0.25, 0.3) is 0 Å². The van der Waals surface area contributed by atoms with Crippen molar-refractivity contribution in [1.29, 1.82) is 0 Å². The van der Waals surface area contributed by atoms with Crippen molar-refractivity contribution in [2.24, 2.45) is 0 Å². The van der Waals surface area contributed by atoms with E-state index < -0.39 is 6.10 Å². The Kier molecular flexibility index (Phi) is 5.46. The molecular formula is C23H27N3O2. The molecule has 2 aromatic carbocycles. The number of aliphatic hydroxyl groups is 1. The van der Waals surface area contributed by atoms with Gasteiger partial charge in [0.05, 0.1) is 12.8 Å². The Bertz CT molecular complexity index is 934. The molecule has 1 aliphatic heterocycles. The van der Waals surface area contributed by atoms with Gasteiger partial charge in [-0.25, -0.2) is 4.98 Å². The van der Waals surface area contributed by atoms with E-state index >= 15 is 0 Å². The predicted octanol–water partition coefficient (Wildman–Crippen LogP) is 3.47. The van der Waals surface area contributed by atoms with Crippen LogP contribution in [0.15, 0.2) is 54.6 Å². The zero-order valence-electron chi connectivity index (χ0n) is 16.5. The lowest BCUT2D eigenvalue weighted by Gasteiger charge is -2.35. The second-order valence-corrected chi connectivity index (χ2v) is 7.19.